The van der Waals surface area contributed by atoms with E-state index in [4.69, 9.17) is 0 Å². The summed E-state index contributed by atoms with van der Waals surface area (Å²) in [5, 5.41) is 11.8. The number of hydrogen-bond acceptors (Lipinski definition) is 4. The van der Waals surface area contributed by atoms with Gasteiger partial charge in [-0.05, 0) is 25.8 Å². The molecule has 96 valence electrons. The number of likely N-dealkylation sites (tertiary alicyclic amines) is 1. The van der Waals surface area contributed by atoms with E-state index in [0.29, 0.717) is 6.61 Å². The highest BCUT2D eigenvalue weighted by atomic mass is 32.1. The molecule has 1 aliphatic heterocycles. The van der Waals surface area contributed by atoms with Gasteiger partial charge in [0.2, 0.25) is 0 Å². The van der Waals surface area contributed by atoms with Crippen LogP contribution in [0.15, 0.2) is 10.9 Å². The molecule has 4 heteroatoms. The van der Waals surface area contributed by atoms with Crippen LogP contribution in [0, 0.1) is 5.41 Å². The number of aliphatic hydroxyl groups excluding tert-OH is 1. The SMILES string of the molecule is CCCC1(CO)CCCN(Cc2cscn2)C1. The van der Waals surface area contributed by atoms with E-state index in [1.165, 1.54) is 18.5 Å². The summed E-state index contributed by atoms with van der Waals surface area (Å²) in [6.45, 7) is 5.64. The molecule has 1 aromatic heterocycles. The average molecular weight is 254 g/mol. The van der Waals surface area contributed by atoms with Crippen LogP contribution in [0.4, 0.5) is 0 Å². The Kier molecular flexibility index (Phi) is 4.54. The van der Waals surface area contributed by atoms with Crippen LogP contribution >= 0.6 is 11.3 Å². The topological polar surface area (TPSA) is 36.4 Å². The minimum Gasteiger partial charge on any atom is -0.396 e. The van der Waals surface area contributed by atoms with Crippen LogP contribution in [0.25, 0.3) is 0 Å². The smallest absolute Gasteiger partial charge is 0.0795 e. The second kappa shape index (κ2) is 5.94. The molecule has 0 aromatic carbocycles. The van der Waals surface area contributed by atoms with Crippen LogP contribution < -0.4 is 0 Å². The van der Waals surface area contributed by atoms with Crippen LogP contribution in [0.5, 0.6) is 0 Å². The van der Waals surface area contributed by atoms with Crippen molar-refractivity contribution in [3.8, 4) is 0 Å². The van der Waals surface area contributed by atoms with Gasteiger partial charge >= 0.3 is 0 Å². The highest BCUT2D eigenvalue weighted by molar-refractivity contribution is 7.07. The van der Waals surface area contributed by atoms with Crippen LogP contribution in [-0.2, 0) is 6.54 Å². The molecule has 0 bridgehead atoms. The third-order valence-electron chi connectivity index (χ3n) is 3.73. The summed E-state index contributed by atoms with van der Waals surface area (Å²) < 4.78 is 0. The van der Waals surface area contributed by atoms with E-state index < -0.39 is 0 Å². The Morgan fingerprint density at radius 1 is 1.59 bits per heavy atom. The molecule has 1 unspecified atom stereocenters. The molecule has 1 atom stereocenters. The van der Waals surface area contributed by atoms with E-state index in [-0.39, 0.29) is 5.41 Å². The molecule has 0 amide bonds. The van der Waals surface area contributed by atoms with Gasteiger partial charge in [-0.25, -0.2) is 4.98 Å². The molecule has 1 N–H and O–H groups in total. The maximum absolute atomic E-state index is 9.68. The van der Waals surface area contributed by atoms with Crippen molar-refractivity contribution >= 4 is 11.3 Å². The lowest BCUT2D eigenvalue weighted by atomic mass is 9.77. The van der Waals surface area contributed by atoms with Crippen molar-refractivity contribution in [2.75, 3.05) is 19.7 Å². The second-order valence-electron chi connectivity index (χ2n) is 5.20. The summed E-state index contributed by atoms with van der Waals surface area (Å²) in [6.07, 6.45) is 4.66. The normalized spacial score (nSPS) is 26.2. The molecule has 17 heavy (non-hydrogen) atoms. The van der Waals surface area contributed by atoms with Gasteiger partial charge in [0.1, 0.15) is 0 Å². The molecule has 3 nitrogen and oxygen atoms in total. The van der Waals surface area contributed by atoms with Gasteiger partial charge in [0, 0.05) is 30.5 Å². The monoisotopic (exact) mass is 254 g/mol. The summed E-state index contributed by atoms with van der Waals surface area (Å²) in [5.41, 5.74) is 3.20. The molecule has 0 spiro atoms. The lowest BCUT2D eigenvalue weighted by molar-refractivity contribution is 0.0212. The van der Waals surface area contributed by atoms with Crippen molar-refractivity contribution in [2.45, 2.75) is 39.2 Å². The number of aromatic nitrogens is 1. The van der Waals surface area contributed by atoms with Crippen LogP contribution in [0.1, 0.15) is 38.3 Å². The van der Waals surface area contributed by atoms with Crippen molar-refractivity contribution in [3.05, 3.63) is 16.6 Å². The number of piperidine rings is 1. The third kappa shape index (κ3) is 3.27. The predicted molar refractivity (Wildman–Crippen MR) is 71.1 cm³/mol. The van der Waals surface area contributed by atoms with Gasteiger partial charge in [-0.3, -0.25) is 4.90 Å². The summed E-state index contributed by atoms with van der Waals surface area (Å²) in [7, 11) is 0. The number of thiazole rings is 1. The molecule has 0 radical (unpaired) electrons. The Morgan fingerprint density at radius 2 is 2.47 bits per heavy atom. The third-order valence-corrected chi connectivity index (χ3v) is 4.36. The maximum atomic E-state index is 9.68. The predicted octanol–water partition coefficient (Wildman–Crippen LogP) is 2.52. The molecule has 1 saturated heterocycles. The molecule has 2 rings (SSSR count). The summed E-state index contributed by atoms with van der Waals surface area (Å²) in [6, 6.07) is 0. The zero-order valence-electron chi connectivity index (χ0n) is 10.6. The number of hydrogen-bond donors (Lipinski definition) is 1. The van der Waals surface area contributed by atoms with E-state index >= 15 is 0 Å². The van der Waals surface area contributed by atoms with E-state index in [1.54, 1.807) is 11.3 Å². The zero-order chi connectivity index (χ0) is 12.1. The molecular formula is C13H22N2OS. The Balaban J connectivity index is 1.96. The highest BCUT2D eigenvalue weighted by Crippen LogP contribution is 2.34. The van der Waals surface area contributed by atoms with Crippen molar-refractivity contribution in [3.63, 3.8) is 0 Å². The van der Waals surface area contributed by atoms with Gasteiger partial charge in [0.15, 0.2) is 0 Å². The van der Waals surface area contributed by atoms with Crippen molar-refractivity contribution in [1.82, 2.24) is 9.88 Å². The molecule has 1 aromatic rings. The molecule has 1 aliphatic rings. The fourth-order valence-corrected chi connectivity index (χ4v) is 3.48. The molecule has 0 saturated carbocycles. The van der Waals surface area contributed by atoms with Crippen molar-refractivity contribution < 1.29 is 5.11 Å². The Hall–Kier alpha value is -0.450. The van der Waals surface area contributed by atoms with Gasteiger partial charge in [0.05, 0.1) is 11.2 Å². The van der Waals surface area contributed by atoms with Gasteiger partial charge in [0.25, 0.3) is 0 Å². The van der Waals surface area contributed by atoms with Gasteiger partial charge in [-0.2, -0.15) is 0 Å². The first-order chi connectivity index (χ1) is 8.28. The van der Waals surface area contributed by atoms with Crippen LogP contribution in [-0.4, -0.2) is 34.7 Å². The standard InChI is InChI=1S/C13H22N2OS/c1-2-4-13(10-16)5-3-6-15(9-13)7-12-8-17-11-14-12/h8,11,16H,2-7,9-10H2,1H3. The lowest BCUT2D eigenvalue weighted by Crippen LogP contribution is -2.44. The van der Waals surface area contributed by atoms with Crippen molar-refractivity contribution in [2.24, 2.45) is 5.41 Å². The first kappa shape index (κ1) is 13.0. The summed E-state index contributed by atoms with van der Waals surface area (Å²) in [4.78, 5) is 6.79. The Labute approximate surface area is 107 Å². The molecule has 2 heterocycles. The van der Waals surface area contributed by atoms with Gasteiger partial charge in [-0.1, -0.05) is 13.3 Å². The maximum Gasteiger partial charge on any atom is 0.0795 e. The minimum atomic E-state index is 0.142. The quantitative estimate of drug-likeness (QED) is 0.877. The van der Waals surface area contributed by atoms with Gasteiger partial charge < -0.3 is 5.11 Å². The van der Waals surface area contributed by atoms with E-state index in [1.807, 2.05) is 5.51 Å². The largest absolute Gasteiger partial charge is 0.396 e. The summed E-state index contributed by atoms with van der Waals surface area (Å²) in [5.74, 6) is 0. The summed E-state index contributed by atoms with van der Waals surface area (Å²) >= 11 is 1.66. The molecule has 0 aliphatic carbocycles. The fourth-order valence-electron chi connectivity index (χ4n) is 2.93. The number of nitrogens with zero attached hydrogens (tertiary/aromatic N) is 2. The van der Waals surface area contributed by atoms with Crippen molar-refractivity contribution in [1.29, 1.82) is 0 Å². The van der Waals surface area contributed by atoms with E-state index in [0.717, 1.165) is 32.5 Å². The minimum absolute atomic E-state index is 0.142. The van der Waals surface area contributed by atoms with Gasteiger partial charge in [-0.15, -0.1) is 11.3 Å². The molecular weight excluding hydrogens is 232 g/mol. The van der Waals surface area contributed by atoms with Crippen LogP contribution in [0.2, 0.25) is 0 Å². The Bertz CT molecular complexity index is 324. The fraction of sp³-hybridized carbons (Fsp3) is 0.769. The van der Waals surface area contributed by atoms with E-state index in [2.05, 4.69) is 22.2 Å². The number of rotatable bonds is 5. The second-order valence-corrected chi connectivity index (χ2v) is 5.92. The Morgan fingerprint density at radius 3 is 3.12 bits per heavy atom. The number of aliphatic hydroxyl groups is 1. The zero-order valence-corrected chi connectivity index (χ0v) is 11.4. The highest BCUT2D eigenvalue weighted by Gasteiger charge is 2.34. The van der Waals surface area contributed by atoms with Crippen LogP contribution in [0.3, 0.4) is 0 Å². The average Bonchev–Trinajstić information content (AvgIpc) is 2.83. The van der Waals surface area contributed by atoms with E-state index in [9.17, 15) is 5.11 Å². The first-order valence-corrected chi connectivity index (χ1v) is 7.42. The molecule has 1 fully saturated rings. The lowest BCUT2D eigenvalue weighted by Gasteiger charge is -2.41. The first-order valence-electron chi connectivity index (χ1n) is 6.48.